The molecule has 5 rings (SSSR count). The predicted molar refractivity (Wildman–Crippen MR) is 113 cm³/mol. The lowest BCUT2D eigenvalue weighted by Gasteiger charge is -2.10. The average Bonchev–Trinajstić information content (AvgIpc) is 3.53. The number of nitrogens with one attached hydrogen (secondary N) is 1. The summed E-state index contributed by atoms with van der Waals surface area (Å²) in [6, 6.07) is 14.3. The van der Waals surface area contributed by atoms with Crippen LogP contribution in [0.1, 0.15) is 23.6 Å². The number of benzene rings is 1. The van der Waals surface area contributed by atoms with Crippen molar-refractivity contribution in [1.82, 2.24) is 24.7 Å². The molecule has 30 heavy (non-hydrogen) atoms. The van der Waals surface area contributed by atoms with Crippen LogP contribution in [0.25, 0.3) is 16.6 Å². The third-order valence-corrected chi connectivity index (χ3v) is 6.37. The average molecular weight is 411 g/mol. The molecular weight excluding hydrogens is 394 g/mol. The van der Waals surface area contributed by atoms with Crippen LogP contribution in [0.2, 0.25) is 0 Å². The highest BCUT2D eigenvalue weighted by Crippen LogP contribution is 2.37. The Morgan fingerprint density at radius 2 is 1.87 bits per heavy atom. The maximum atomic E-state index is 9.54. The summed E-state index contributed by atoms with van der Waals surface area (Å²) in [5, 5.41) is 31.3. The van der Waals surface area contributed by atoms with E-state index in [2.05, 4.69) is 33.8 Å². The third kappa shape index (κ3) is 3.22. The van der Waals surface area contributed by atoms with Gasteiger partial charge < -0.3 is 5.32 Å². The van der Waals surface area contributed by atoms with Crippen LogP contribution in [0, 0.1) is 22.7 Å². The Morgan fingerprint density at radius 1 is 1.00 bits per heavy atom. The van der Waals surface area contributed by atoms with Gasteiger partial charge >= 0.3 is 0 Å². The number of fused-ring (bicyclic) bond motifs is 1. The monoisotopic (exact) mass is 411 g/mol. The van der Waals surface area contributed by atoms with Crippen LogP contribution in [0.4, 0.5) is 0 Å². The van der Waals surface area contributed by atoms with Gasteiger partial charge in [-0.15, -0.1) is 0 Å². The molecular formula is C22H17N7S. The fourth-order valence-corrected chi connectivity index (χ4v) is 4.81. The predicted octanol–water partition coefficient (Wildman–Crippen LogP) is 3.63. The van der Waals surface area contributed by atoms with Gasteiger partial charge in [-0.1, -0.05) is 23.9 Å². The molecule has 0 amide bonds. The van der Waals surface area contributed by atoms with Crippen LogP contribution < -0.4 is 5.32 Å². The van der Waals surface area contributed by atoms with Gasteiger partial charge in [-0.05, 0) is 31.2 Å². The van der Waals surface area contributed by atoms with E-state index >= 15 is 0 Å². The summed E-state index contributed by atoms with van der Waals surface area (Å²) >= 11 is 1.47. The van der Waals surface area contributed by atoms with E-state index in [1.165, 1.54) is 11.8 Å². The first-order chi connectivity index (χ1) is 14.8. The molecule has 0 unspecified atom stereocenters. The van der Waals surface area contributed by atoms with Crippen molar-refractivity contribution in [2.45, 2.75) is 22.3 Å². The summed E-state index contributed by atoms with van der Waals surface area (Å²) in [4.78, 5) is 1.72. The van der Waals surface area contributed by atoms with Crippen molar-refractivity contribution in [3.05, 3.63) is 66.2 Å². The summed E-state index contributed by atoms with van der Waals surface area (Å²) in [6.07, 6.45) is 8.49. The Morgan fingerprint density at radius 3 is 2.67 bits per heavy atom. The van der Waals surface area contributed by atoms with Gasteiger partial charge in [-0.2, -0.15) is 20.7 Å². The summed E-state index contributed by atoms with van der Waals surface area (Å²) < 4.78 is 3.75. The van der Waals surface area contributed by atoms with Crippen LogP contribution in [-0.4, -0.2) is 32.5 Å². The summed E-state index contributed by atoms with van der Waals surface area (Å²) in [5.74, 6) is 0. The van der Waals surface area contributed by atoms with Gasteiger partial charge in [0.1, 0.15) is 12.1 Å². The zero-order valence-electron chi connectivity index (χ0n) is 16.0. The number of aromatic nitrogens is 4. The Hall–Kier alpha value is -3.59. The van der Waals surface area contributed by atoms with Crippen molar-refractivity contribution in [1.29, 1.82) is 10.5 Å². The second-order valence-electron chi connectivity index (χ2n) is 7.12. The molecule has 1 aromatic carbocycles. The molecule has 1 aliphatic rings. The smallest absolute Gasteiger partial charge is 0.103 e. The van der Waals surface area contributed by atoms with E-state index in [1.54, 1.807) is 16.8 Å². The molecule has 7 nitrogen and oxygen atoms in total. The van der Waals surface area contributed by atoms with E-state index in [1.807, 2.05) is 41.3 Å². The second kappa shape index (κ2) is 7.68. The maximum absolute atomic E-state index is 9.54. The molecule has 1 aliphatic heterocycles. The Kier molecular flexibility index (Phi) is 4.72. The van der Waals surface area contributed by atoms with Gasteiger partial charge in [-0.3, -0.25) is 4.68 Å². The van der Waals surface area contributed by atoms with Crippen molar-refractivity contribution in [2.24, 2.45) is 0 Å². The highest BCUT2D eigenvalue weighted by atomic mass is 32.2. The van der Waals surface area contributed by atoms with Crippen molar-refractivity contribution in [2.75, 3.05) is 13.1 Å². The normalized spacial score (nSPS) is 15.9. The second-order valence-corrected chi connectivity index (χ2v) is 8.21. The first kappa shape index (κ1) is 18.4. The number of rotatable bonds is 4. The summed E-state index contributed by atoms with van der Waals surface area (Å²) in [5.41, 5.74) is 3.81. The standard InChI is InChI=1S/C22H17N7S/c23-8-15-3-1-2-4-20(15)30-21-7-16(13-29-22(21)17(9-24)10-27-29)18-11-26-28(14-18)19-5-6-25-12-19/h1-4,7,10-11,13-14,19,25H,5-6,12H2/t19-/m1/s1. The Bertz CT molecular complexity index is 1320. The molecule has 0 spiro atoms. The molecule has 1 N–H and O–H groups in total. The number of pyridine rings is 1. The van der Waals surface area contributed by atoms with Gasteiger partial charge in [0.15, 0.2) is 0 Å². The molecule has 3 aromatic heterocycles. The van der Waals surface area contributed by atoms with Gasteiger partial charge in [-0.25, -0.2) is 4.52 Å². The number of nitriles is 2. The quantitative estimate of drug-likeness (QED) is 0.551. The fraction of sp³-hybridized carbons (Fsp3) is 0.182. The largest absolute Gasteiger partial charge is 0.315 e. The lowest BCUT2D eigenvalue weighted by molar-refractivity contribution is 0.491. The summed E-state index contributed by atoms with van der Waals surface area (Å²) in [6.45, 7) is 1.94. The first-order valence-corrected chi connectivity index (χ1v) is 10.4. The molecule has 1 saturated heterocycles. The van der Waals surface area contributed by atoms with Crippen LogP contribution in [0.15, 0.2) is 64.9 Å². The van der Waals surface area contributed by atoms with E-state index in [-0.39, 0.29) is 0 Å². The minimum Gasteiger partial charge on any atom is -0.315 e. The maximum Gasteiger partial charge on any atom is 0.103 e. The van der Waals surface area contributed by atoms with Gasteiger partial charge in [0, 0.05) is 39.9 Å². The van der Waals surface area contributed by atoms with E-state index in [0.717, 1.165) is 45.9 Å². The fourth-order valence-electron chi connectivity index (χ4n) is 3.72. The molecule has 4 aromatic rings. The zero-order chi connectivity index (χ0) is 20.5. The number of nitrogens with zero attached hydrogens (tertiary/aromatic N) is 6. The zero-order valence-corrected chi connectivity index (χ0v) is 16.8. The van der Waals surface area contributed by atoms with Crippen LogP contribution >= 0.6 is 11.8 Å². The Labute approximate surface area is 177 Å². The van der Waals surface area contributed by atoms with Gasteiger partial charge in [0.2, 0.25) is 0 Å². The molecule has 1 fully saturated rings. The molecule has 8 heteroatoms. The highest BCUT2D eigenvalue weighted by Gasteiger charge is 2.19. The molecule has 0 saturated carbocycles. The minimum absolute atomic E-state index is 0.369. The molecule has 1 atom stereocenters. The van der Waals surface area contributed by atoms with E-state index in [9.17, 15) is 10.5 Å². The molecule has 0 radical (unpaired) electrons. The summed E-state index contributed by atoms with van der Waals surface area (Å²) in [7, 11) is 0. The van der Waals surface area contributed by atoms with Crippen molar-refractivity contribution >= 4 is 17.3 Å². The number of hydrogen-bond donors (Lipinski definition) is 1. The van der Waals surface area contributed by atoms with Gasteiger partial charge in [0.05, 0.1) is 35.1 Å². The van der Waals surface area contributed by atoms with E-state index < -0.39 is 0 Å². The lowest BCUT2D eigenvalue weighted by Crippen LogP contribution is -2.13. The first-order valence-electron chi connectivity index (χ1n) is 9.60. The van der Waals surface area contributed by atoms with Crippen LogP contribution in [0.3, 0.4) is 0 Å². The minimum atomic E-state index is 0.369. The van der Waals surface area contributed by atoms with Gasteiger partial charge in [0.25, 0.3) is 0 Å². The molecule has 4 heterocycles. The van der Waals surface area contributed by atoms with Crippen LogP contribution in [0.5, 0.6) is 0 Å². The number of hydrogen-bond acceptors (Lipinski definition) is 6. The third-order valence-electron chi connectivity index (χ3n) is 5.27. The molecule has 0 bridgehead atoms. The van der Waals surface area contributed by atoms with E-state index in [0.29, 0.717) is 17.2 Å². The SMILES string of the molecule is N#Cc1ccccc1Sc1cc(-c2cnn([C@@H]3CCNC3)c2)cn2ncc(C#N)c12. The highest BCUT2D eigenvalue weighted by molar-refractivity contribution is 7.99. The molecule has 146 valence electrons. The van der Waals surface area contributed by atoms with Crippen molar-refractivity contribution < 1.29 is 0 Å². The van der Waals surface area contributed by atoms with Crippen molar-refractivity contribution in [3.8, 4) is 23.3 Å². The lowest BCUT2D eigenvalue weighted by atomic mass is 10.1. The van der Waals surface area contributed by atoms with E-state index in [4.69, 9.17) is 0 Å². The van der Waals surface area contributed by atoms with Crippen LogP contribution in [-0.2, 0) is 0 Å². The molecule has 0 aliphatic carbocycles. The topological polar surface area (TPSA) is 94.7 Å². The van der Waals surface area contributed by atoms with Crippen molar-refractivity contribution in [3.63, 3.8) is 0 Å². The Balaban J connectivity index is 1.61.